The molecular formula is C28H39ClN4O6S. The second-order valence-corrected chi connectivity index (χ2v) is 13.0. The van der Waals surface area contributed by atoms with Gasteiger partial charge in [0.2, 0.25) is 15.9 Å². The van der Waals surface area contributed by atoms with Crippen LogP contribution >= 0.6 is 11.6 Å². The summed E-state index contributed by atoms with van der Waals surface area (Å²) >= 11 is 5.93. The van der Waals surface area contributed by atoms with Crippen LogP contribution in [0.4, 0.5) is 5.69 Å². The lowest BCUT2D eigenvalue weighted by Gasteiger charge is -2.38. The number of rotatable bonds is 11. The highest BCUT2D eigenvalue weighted by atomic mass is 35.5. The molecule has 220 valence electrons. The van der Waals surface area contributed by atoms with Gasteiger partial charge in [0.05, 0.1) is 29.7 Å². The quantitative estimate of drug-likeness (QED) is 0.410. The molecule has 3 rings (SSSR count). The molecule has 0 spiro atoms. The molecule has 3 atom stereocenters. The number of carbonyl (C=O) groups is 2. The summed E-state index contributed by atoms with van der Waals surface area (Å²) in [5.41, 5.74) is 0.682. The third-order valence-electron chi connectivity index (χ3n) is 6.92. The van der Waals surface area contributed by atoms with Crippen molar-refractivity contribution in [3.63, 3.8) is 0 Å². The minimum Gasteiger partial charge on any atom is -0.488 e. The Balaban J connectivity index is 1.89. The van der Waals surface area contributed by atoms with Crippen LogP contribution in [0.3, 0.4) is 0 Å². The van der Waals surface area contributed by atoms with E-state index in [0.717, 1.165) is 6.54 Å². The Morgan fingerprint density at radius 2 is 1.88 bits per heavy atom. The maximum Gasteiger partial charge on any atom is 0.258 e. The topological polar surface area (TPSA) is 119 Å². The van der Waals surface area contributed by atoms with Gasteiger partial charge in [-0.15, -0.1) is 0 Å². The number of halogens is 1. The van der Waals surface area contributed by atoms with E-state index >= 15 is 0 Å². The van der Waals surface area contributed by atoms with Crippen LogP contribution in [0.1, 0.15) is 37.0 Å². The van der Waals surface area contributed by atoms with Crippen LogP contribution in [0.2, 0.25) is 5.02 Å². The minimum atomic E-state index is -3.83. The first-order chi connectivity index (χ1) is 18.8. The smallest absolute Gasteiger partial charge is 0.258 e. The van der Waals surface area contributed by atoms with Crippen molar-refractivity contribution in [3.05, 3.63) is 53.1 Å². The number of nitrogens with one attached hydrogen (secondary N) is 1. The van der Waals surface area contributed by atoms with Gasteiger partial charge in [0.25, 0.3) is 5.91 Å². The molecular weight excluding hydrogens is 556 g/mol. The maximum atomic E-state index is 13.6. The molecule has 0 aromatic heterocycles. The van der Waals surface area contributed by atoms with Crippen LogP contribution in [-0.4, -0.2) is 99.0 Å². The Kier molecular flexibility index (Phi) is 11.0. The van der Waals surface area contributed by atoms with Crippen LogP contribution in [0.15, 0.2) is 47.4 Å². The van der Waals surface area contributed by atoms with Crippen LogP contribution in [0, 0.1) is 5.92 Å². The Bertz CT molecular complexity index is 1290. The highest BCUT2D eigenvalue weighted by Crippen LogP contribution is 2.31. The van der Waals surface area contributed by atoms with E-state index in [1.54, 1.807) is 30.0 Å². The first-order valence-corrected chi connectivity index (χ1v) is 15.0. The van der Waals surface area contributed by atoms with Crippen molar-refractivity contribution < 1.29 is 27.9 Å². The molecule has 40 heavy (non-hydrogen) atoms. The van der Waals surface area contributed by atoms with Gasteiger partial charge in [-0.2, -0.15) is 4.31 Å². The van der Waals surface area contributed by atoms with Gasteiger partial charge in [0.15, 0.2) is 0 Å². The van der Waals surface area contributed by atoms with Crippen molar-refractivity contribution in [1.82, 2.24) is 14.1 Å². The molecule has 2 aromatic carbocycles. The number of carbonyl (C=O) groups excluding carboxylic acids is 2. The number of fused-ring (bicyclic) bond motifs is 1. The van der Waals surface area contributed by atoms with E-state index < -0.39 is 22.2 Å². The Labute approximate surface area is 241 Å². The Morgan fingerprint density at radius 1 is 1.20 bits per heavy atom. The minimum absolute atomic E-state index is 0.0193. The first kappa shape index (κ1) is 31.8. The Hall–Kier alpha value is -2.70. The molecule has 0 unspecified atom stereocenters. The van der Waals surface area contributed by atoms with Crippen molar-refractivity contribution in [2.24, 2.45) is 5.92 Å². The number of hydrogen-bond acceptors (Lipinski definition) is 7. The van der Waals surface area contributed by atoms with Crippen molar-refractivity contribution in [2.45, 2.75) is 43.7 Å². The lowest BCUT2D eigenvalue weighted by molar-refractivity contribution is -0.116. The van der Waals surface area contributed by atoms with Gasteiger partial charge in [-0.05, 0) is 76.4 Å². The highest BCUT2D eigenvalue weighted by molar-refractivity contribution is 7.89. The molecule has 2 amide bonds. The fourth-order valence-corrected chi connectivity index (χ4v) is 5.74. The largest absolute Gasteiger partial charge is 0.488 e. The molecule has 0 saturated heterocycles. The van der Waals surface area contributed by atoms with Crippen LogP contribution in [0.5, 0.6) is 5.75 Å². The molecule has 0 aliphatic carbocycles. The van der Waals surface area contributed by atoms with Gasteiger partial charge in [0.1, 0.15) is 11.9 Å². The summed E-state index contributed by atoms with van der Waals surface area (Å²) in [6.45, 7) is 4.42. The molecule has 1 aliphatic heterocycles. The van der Waals surface area contributed by atoms with Crippen molar-refractivity contribution in [2.75, 3.05) is 52.7 Å². The van der Waals surface area contributed by atoms with E-state index in [1.165, 1.54) is 35.6 Å². The number of aliphatic hydroxyl groups excluding tert-OH is 1. The van der Waals surface area contributed by atoms with Gasteiger partial charge in [-0.3, -0.25) is 9.59 Å². The predicted molar refractivity (Wildman–Crippen MR) is 155 cm³/mol. The predicted octanol–water partition coefficient (Wildman–Crippen LogP) is 3.16. The van der Waals surface area contributed by atoms with Gasteiger partial charge >= 0.3 is 0 Å². The Morgan fingerprint density at radius 3 is 2.50 bits per heavy atom. The van der Waals surface area contributed by atoms with Gasteiger partial charge in [0, 0.05) is 36.6 Å². The third kappa shape index (κ3) is 7.94. The number of ether oxygens (including phenoxy) is 1. The molecule has 1 heterocycles. The normalized spacial score (nSPS) is 18.6. The first-order valence-electron chi connectivity index (χ1n) is 13.2. The lowest BCUT2D eigenvalue weighted by atomic mass is 9.99. The highest BCUT2D eigenvalue weighted by Gasteiger charge is 2.35. The summed E-state index contributed by atoms with van der Waals surface area (Å²) in [5.74, 6) is -0.501. The maximum absolute atomic E-state index is 13.6. The second-order valence-electron chi connectivity index (χ2n) is 10.5. The molecule has 0 fully saturated rings. The number of amides is 2. The van der Waals surface area contributed by atoms with Gasteiger partial charge < -0.3 is 25.0 Å². The van der Waals surface area contributed by atoms with Crippen molar-refractivity contribution in [3.8, 4) is 5.75 Å². The second kappa shape index (κ2) is 13.8. The molecule has 2 aromatic rings. The third-order valence-corrected chi connectivity index (χ3v) is 9.01. The van der Waals surface area contributed by atoms with E-state index in [4.69, 9.17) is 16.3 Å². The summed E-state index contributed by atoms with van der Waals surface area (Å²) in [7, 11) is 1.53. The molecule has 1 aliphatic rings. The fourth-order valence-electron chi connectivity index (χ4n) is 4.44. The van der Waals surface area contributed by atoms with E-state index in [1.807, 2.05) is 25.9 Å². The monoisotopic (exact) mass is 594 g/mol. The molecule has 0 bridgehead atoms. The van der Waals surface area contributed by atoms with E-state index in [0.29, 0.717) is 23.6 Å². The number of aliphatic hydroxyl groups is 1. The van der Waals surface area contributed by atoms with Crippen molar-refractivity contribution >= 4 is 39.1 Å². The van der Waals surface area contributed by atoms with E-state index in [-0.39, 0.29) is 53.6 Å². The average Bonchev–Trinajstić information content (AvgIpc) is 2.90. The standard InChI is InChI=1S/C28H39ClN4O6S/c1-19-16-33(20(2)18-34)28(36)24-15-22(30-27(35)7-6-14-31(3)4)10-13-25(24)39-26(19)17-32(5)40(37,38)23-11-8-21(29)9-12-23/h8-13,15,19-20,26,34H,6-7,14,16-18H2,1-5H3,(H,30,35)/t19-,20+,26+/m1/s1. The zero-order valence-electron chi connectivity index (χ0n) is 23.6. The molecule has 0 radical (unpaired) electrons. The summed E-state index contributed by atoms with van der Waals surface area (Å²) in [6, 6.07) is 10.3. The zero-order valence-corrected chi connectivity index (χ0v) is 25.2. The summed E-state index contributed by atoms with van der Waals surface area (Å²) in [4.78, 5) is 29.8. The van der Waals surface area contributed by atoms with Crippen LogP contribution < -0.4 is 10.1 Å². The molecule has 0 saturated carbocycles. The fraction of sp³-hybridized carbons (Fsp3) is 0.500. The van der Waals surface area contributed by atoms with Crippen LogP contribution in [-0.2, 0) is 14.8 Å². The number of nitrogens with zero attached hydrogens (tertiary/aromatic N) is 3. The summed E-state index contributed by atoms with van der Waals surface area (Å²) in [6.07, 6.45) is 0.417. The van der Waals surface area contributed by atoms with Gasteiger partial charge in [-0.25, -0.2) is 8.42 Å². The zero-order chi connectivity index (χ0) is 29.6. The number of hydrogen-bond donors (Lipinski definition) is 2. The van der Waals surface area contributed by atoms with E-state index in [9.17, 15) is 23.1 Å². The molecule has 10 nitrogen and oxygen atoms in total. The summed E-state index contributed by atoms with van der Waals surface area (Å²) in [5, 5.41) is 13.2. The van der Waals surface area contributed by atoms with Crippen LogP contribution in [0.25, 0.3) is 0 Å². The molecule has 2 N–H and O–H groups in total. The number of likely N-dealkylation sites (N-methyl/N-ethyl adjacent to an activating group) is 1. The average molecular weight is 595 g/mol. The summed E-state index contributed by atoms with van der Waals surface area (Å²) < 4.78 is 34.0. The molecule has 12 heteroatoms. The van der Waals surface area contributed by atoms with Crippen molar-refractivity contribution in [1.29, 1.82) is 0 Å². The SMILES string of the molecule is C[C@@H]1CN([C@@H](C)CO)C(=O)c2cc(NC(=O)CCCN(C)C)ccc2O[C@H]1CN(C)S(=O)(=O)c1ccc(Cl)cc1. The lowest BCUT2D eigenvalue weighted by Crippen LogP contribution is -2.50. The van der Waals surface area contributed by atoms with E-state index in [2.05, 4.69) is 5.32 Å². The number of sulfonamides is 1. The van der Waals surface area contributed by atoms with Gasteiger partial charge in [-0.1, -0.05) is 18.5 Å². The number of benzene rings is 2. The number of anilines is 1.